The molecular formula is C18H20BrNS. The highest BCUT2D eigenvalue weighted by Gasteiger charge is 2.19. The quantitative estimate of drug-likeness (QED) is 0.838. The third kappa shape index (κ3) is 2.96. The van der Waals surface area contributed by atoms with Crippen LogP contribution in [0.3, 0.4) is 0 Å². The van der Waals surface area contributed by atoms with Crippen LogP contribution in [0.2, 0.25) is 0 Å². The van der Waals surface area contributed by atoms with Crippen LogP contribution in [0.25, 0.3) is 0 Å². The molecule has 110 valence electrons. The Hall–Kier alpha value is -0.640. The van der Waals surface area contributed by atoms with E-state index in [1.54, 1.807) is 10.4 Å². The zero-order valence-electron chi connectivity index (χ0n) is 12.1. The van der Waals surface area contributed by atoms with E-state index >= 15 is 0 Å². The SMILES string of the molecule is Brc1ccc2c(c1)CCC(NCc1cc3c(s1)CCC3)C2. The van der Waals surface area contributed by atoms with E-state index in [0.717, 1.165) is 6.54 Å². The van der Waals surface area contributed by atoms with Crippen molar-refractivity contribution in [3.05, 3.63) is 55.2 Å². The van der Waals surface area contributed by atoms with Crippen molar-refractivity contribution in [1.29, 1.82) is 0 Å². The Balaban J connectivity index is 1.38. The van der Waals surface area contributed by atoms with Gasteiger partial charge in [-0.15, -0.1) is 11.3 Å². The highest BCUT2D eigenvalue weighted by Crippen LogP contribution is 2.31. The summed E-state index contributed by atoms with van der Waals surface area (Å²) in [5.41, 5.74) is 4.67. The van der Waals surface area contributed by atoms with Crippen LogP contribution >= 0.6 is 27.3 Å². The second kappa shape index (κ2) is 5.86. The van der Waals surface area contributed by atoms with E-state index in [1.165, 1.54) is 59.0 Å². The molecule has 2 aromatic rings. The fraction of sp³-hybridized carbons (Fsp3) is 0.444. The van der Waals surface area contributed by atoms with Crippen molar-refractivity contribution in [3.63, 3.8) is 0 Å². The van der Waals surface area contributed by atoms with Gasteiger partial charge in [0.1, 0.15) is 0 Å². The topological polar surface area (TPSA) is 12.0 Å². The van der Waals surface area contributed by atoms with Gasteiger partial charge in [0.25, 0.3) is 0 Å². The standard InChI is InChI=1S/C18H20BrNS/c19-15-6-4-13-9-16(7-5-12(13)8-15)20-11-17-10-14-2-1-3-18(14)21-17/h4,6,8,10,16,20H,1-3,5,7,9,11H2. The molecule has 0 aliphatic heterocycles. The lowest BCUT2D eigenvalue weighted by molar-refractivity contribution is 0.459. The van der Waals surface area contributed by atoms with Crippen LogP contribution in [0.4, 0.5) is 0 Å². The Morgan fingerprint density at radius 2 is 2.05 bits per heavy atom. The summed E-state index contributed by atoms with van der Waals surface area (Å²) in [6.45, 7) is 1.05. The predicted molar refractivity (Wildman–Crippen MR) is 93.1 cm³/mol. The third-order valence-electron chi connectivity index (χ3n) is 4.76. The van der Waals surface area contributed by atoms with Gasteiger partial charge in [0.05, 0.1) is 0 Å². The molecule has 0 bridgehead atoms. The fourth-order valence-corrected chi connectivity index (χ4v) is 5.24. The zero-order valence-corrected chi connectivity index (χ0v) is 14.5. The van der Waals surface area contributed by atoms with Crippen molar-refractivity contribution in [1.82, 2.24) is 5.32 Å². The number of thiophene rings is 1. The van der Waals surface area contributed by atoms with E-state index in [1.807, 2.05) is 11.3 Å². The molecule has 0 amide bonds. The first kappa shape index (κ1) is 14.0. The second-order valence-corrected chi connectivity index (χ2v) is 8.39. The average molecular weight is 362 g/mol. The van der Waals surface area contributed by atoms with Gasteiger partial charge < -0.3 is 5.32 Å². The zero-order chi connectivity index (χ0) is 14.2. The molecule has 1 unspecified atom stereocenters. The molecule has 0 spiro atoms. The largest absolute Gasteiger partial charge is 0.309 e. The smallest absolute Gasteiger partial charge is 0.0302 e. The number of hydrogen-bond acceptors (Lipinski definition) is 2. The molecule has 1 N–H and O–H groups in total. The summed E-state index contributed by atoms with van der Waals surface area (Å²) >= 11 is 5.60. The first-order valence-electron chi connectivity index (χ1n) is 7.89. The van der Waals surface area contributed by atoms with Crippen LogP contribution < -0.4 is 5.32 Å². The van der Waals surface area contributed by atoms with Crippen LogP contribution in [-0.2, 0) is 32.2 Å². The van der Waals surface area contributed by atoms with Gasteiger partial charge in [0.2, 0.25) is 0 Å². The van der Waals surface area contributed by atoms with Gasteiger partial charge in [-0.25, -0.2) is 0 Å². The minimum Gasteiger partial charge on any atom is -0.309 e. The summed E-state index contributed by atoms with van der Waals surface area (Å²) in [5, 5.41) is 3.78. The van der Waals surface area contributed by atoms with E-state index in [2.05, 4.69) is 45.5 Å². The molecule has 1 atom stereocenters. The van der Waals surface area contributed by atoms with Crippen molar-refractivity contribution >= 4 is 27.3 Å². The van der Waals surface area contributed by atoms with Gasteiger partial charge in [-0.1, -0.05) is 22.0 Å². The van der Waals surface area contributed by atoms with Crippen LogP contribution in [0.1, 0.15) is 39.3 Å². The lowest BCUT2D eigenvalue weighted by Gasteiger charge is -2.25. The van der Waals surface area contributed by atoms with Crippen LogP contribution in [0.15, 0.2) is 28.7 Å². The normalized spacial score (nSPS) is 20.3. The van der Waals surface area contributed by atoms with Crippen molar-refractivity contribution in [3.8, 4) is 0 Å². The number of fused-ring (bicyclic) bond motifs is 2. The van der Waals surface area contributed by atoms with Gasteiger partial charge in [0, 0.05) is 26.8 Å². The summed E-state index contributed by atoms with van der Waals surface area (Å²) in [6, 6.07) is 9.82. The summed E-state index contributed by atoms with van der Waals surface area (Å²) in [5.74, 6) is 0. The minimum atomic E-state index is 0.635. The number of nitrogens with one attached hydrogen (secondary N) is 1. The number of benzene rings is 1. The number of rotatable bonds is 3. The third-order valence-corrected chi connectivity index (χ3v) is 6.49. The lowest BCUT2D eigenvalue weighted by atomic mass is 9.88. The maximum Gasteiger partial charge on any atom is 0.0302 e. The van der Waals surface area contributed by atoms with E-state index in [-0.39, 0.29) is 0 Å². The molecule has 2 aliphatic carbocycles. The summed E-state index contributed by atoms with van der Waals surface area (Å²) < 4.78 is 1.21. The molecule has 21 heavy (non-hydrogen) atoms. The second-order valence-electron chi connectivity index (χ2n) is 6.25. The molecule has 0 saturated carbocycles. The maximum atomic E-state index is 3.78. The van der Waals surface area contributed by atoms with Gasteiger partial charge in [-0.2, -0.15) is 0 Å². The maximum absolute atomic E-state index is 3.78. The number of halogens is 1. The van der Waals surface area contributed by atoms with Crippen molar-refractivity contribution in [2.45, 2.75) is 51.1 Å². The summed E-state index contributed by atoms with van der Waals surface area (Å²) in [7, 11) is 0. The highest BCUT2D eigenvalue weighted by atomic mass is 79.9. The average Bonchev–Trinajstić information content (AvgIpc) is 3.06. The molecule has 0 saturated heterocycles. The monoisotopic (exact) mass is 361 g/mol. The Labute approximate surface area is 138 Å². The molecule has 4 rings (SSSR count). The predicted octanol–water partition coefficient (Wildman–Crippen LogP) is 4.65. The van der Waals surface area contributed by atoms with E-state index in [9.17, 15) is 0 Å². The molecule has 1 nitrogen and oxygen atoms in total. The molecule has 2 aliphatic rings. The molecule has 0 radical (unpaired) electrons. The van der Waals surface area contributed by atoms with Gasteiger partial charge in [0.15, 0.2) is 0 Å². The van der Waals surface area contributed by atoms with Crippen LogP contribution in [0, 0.1) is 0 Å². The van der Waals surface area contributed by atoms with Crippen LogP contribution in [-0.4, -0.2) is 6.04 Å². The first-order valence-corrected chi connectivity index (χ1v) is 9.50. The molecule has 0 fully saturated rings. The highest BCUT2D eigenvalue weighted by molar-refractivity contribution is 9.10. The Morgan fingerprint density at radius 3 is 2.95 bits per heavy atom. The molecule has 3 heteroatoms. The van der Waals surface area contributed by atoms with Gasteiger partial charge >= 0.3 is 0 Å². The summed E-state index contributed by atoms with van der Waals surface area (Å²) in [6.07, 6.45) is 7.61. The first-order chi connectivity index (χ1) is 10.3. The number of hydrogen-bond donors (Lipinski definition) is 1. The van der Waals surface area contributed by atoms with E-state index in [4.69, 9.17) is 0 Å². The Bertz CT molecular complexity index is 640. The fourth-order valence-electron chi connectivity index (χ4n) is 3.62. The van der Waals surface area contributed by atoms with E-state index in [0.29, 0.717) is 6.04 Å². The Morgan fingerprint density at radius 1 is 1.10 bits per heavy atom. The van der Waals surface area contributed by atoms with Crippen molar-refractivity contribution in [2.75, 3.05) is 0 Å². The summed E-state index contributed by atoms with van der Waals surface area (Å²) in [4.78, 5) is 3.17. The lowest BCUT2D eigenvalue weighted by Crippen LogP contribution is -2.33. The van der Waals surface area contributed by atoms with Crippen molar-refractivity contribution in [2.24, 2.45) is 0 Å². The Kier molecular flexibility index (Phi) is 3.91. The van der Waals surface area contributed by atoms with Crippen LogP contribution in [0.5, 0.6) is 0 Å². The molecule has 1 heterocycles. The van der Waals surface area contributed by atoms with E-state index < -0.39 is 0 Å². The number of aryl methyl sites for hydroxylation is 3. The molecule has 1 aromatic heterocycles. The minimum absolute atomic E-state index is 0.635. The van der Waals surface area contributed by atoms with Gasteiger partial charge in [-0.3, -0.25) is 0 Å². The van der Waals surface area contributed by atoms with Gasteiger partial charge in [-0.05, 0) is 73.4 Å². The molecule has 1 aromatic carbocycles. The van der Waals surface area contributed by atoms with Crippen molar-refractivity contribution < 1.29 is 0 Å². The molecular weight excluding hydrogens is 342 g/mol.